The number of H-pyrrole nitrogens is 1. The Morgan fingerprint density at radius 3 is 2.44 bits per heavy atom. The third-order valence-corrected chi connectivity index (χ3v) is 8.86. The van der Waals surface area contributed by atoms with Crippen LogP contribution in [0, 0.1) is 0 Å². The van der Waals surface area contributed by atoms with Gasteiger partial charge in [-0.05, 0) is 86.2 Å². The monoisotopic (exact) mass is 602 g/mol. The van der Waals surface area contributed by atoms with E-state index in [4.69, 9.17) is 0 Å². The van der Waals surface area contributed by atoms with Gasteiger partial charge >= 0.3 is 0 Å². The van der Waals surface area contributed by atoms with E-state index >= 15 is 0 Å². The molecule has 4 N–H and O–H groups in total. The minimum Gasteiger partial charge on any atom is -0.392 e. The van der Waals surface area contributed by atoms with Crippen molar-refractivity contribution in [1.29, 1.82) is 0 Å². The minimum absolute atomic E-state index is 0.0970. The first-order valence-corrected chi connectivity index (χ1v) is 15.3. The Morgan fingerprint density at radius 2 is 1.76 bits per heavy atom. The molecule has 0 atom stereocenters. The third kappa shape index (κ3) is 5.82. The van der Waals surface area contributed by atoms with E-state index in [1.54, 1.807) is 54.7 Å². The van der Waals surface area contributed by atoms with Gasteiger partial charge in [-0.1, -0.05) is 12.1 Å². The van der Waals surface area contributed by atoms with Crippen LogP contribution in [0.3, 0.4) is 0 Å². The van der Waals surface area contributed by atoms with Gasteiger partial charge in [-0.25, -0.2) is 4.98 Å². The molecule has 1 saturated heterocycles. The average molecular weight is 603 g/mol. The molecule has 2 aliphatic rings. The Hall–Kier alpha value is -4.93. The van der Waals surface area contributed by atoms with E-state index in [1.807, 2.05) is 30.3 Å². The molecule has 0 bridgehead atoms. The lowest BCUT2D eigenvalue weighted by molar-refractivity contribution is -0.00204. The second-order valence-corrected chi connectivity index (χ2v) is 12.2. The largest absolute Gasteiger partial charge is 0.392 e. The first-order valence-electron chi connectivity index (χ1n) is 15.3. The van der Waals surface area contributed by atoms with Crippen molar-refractivity contribution >= 4 is 28.5 Å². The van der Waals surface area contributed by atoms with Gasteiger partial charge in [0.25, 0.3) is 11.8 Å². The van der Waals surface area contributed by atoms with Gasteiger partial charge in [-0.3, -0.25) is 19.6 Å². The number of nitrogens with zero attached hydrogens (tertiary/aromatic N) is 4. The summed E-state index contributed by atoms with van der Waals surface area (Å²) in [5.41, 5.74) is 5.99. The summed E-state index contributed by atoms with van der Waals surface area (Å²) in [6.45, 7) is 2.54. The summed E-state index contributed by atoms with van der Waals surface area (Å²) in [4.78, 5) is 44.7. The first kappa shape index (κ1) is 28.8. The van der Waals surface area contributed by atoms with Crippen LogP contribution in [-0.2, 0) is 6.61 Å². The number of benzene rings is 1. The summed E-state index contributed by atoms with van der Waals surface area (Å²) < 4.78 is 0. The predicted octanol–water partition coefficient (Wildman–Crippen LogP) is 5.30. The second kappa shape index (κ2) is 11.5. The number of carbonyl (C=O) groups is 2. The minimum atomic E-state index is -0.728. The average Bonchev–Trinajstić information content (AvgIpc) is 3.82. The zero-order chi connectivity index (χ0) is 31.1. The number of aliphatic hydroxyl groups is 2. The van der Waals surface area contributed by atoms with Crippen molar-refractivity contribution in [2.24, 2.45) is 0 Å². The molecule has 10 nitrogen and oxygen atoms in total. The molecule has 5 aromatic rings. The van der Waals surface area contributed by atoms with Crippen molar-refractivity contribution in [2.75, 3.05) is 18.4 Å². The Bertz CT molecular complexity index is 1880. The van der Waals surface area contributed by atoms with Crippen molar-refractivity contribution in [3.8, 4) is 22.5 Å². The number of aromatic amines is 1. The quantitative estimate of drug-likeness (QED) is 0.198. The zero-order valence-corrected chi connectivity index (χ0v) is 25.0. The van der Waals surface area contributed by atoms with Gasteiger partial charge in [0.05, 0.1) is 34.7 Å². The van der Waals surface area contributed by atoms with Crippen LogP contribution in [0.4, 0.5) is 5.69 Å². The zero-order valence-electron chi connectivity index (χ0n) is 25.0. The summed E-state index contributed by atoms with van der Waals surface area (Å²) in [6.07, 6.45) is 8.27. The number of nitrogens with one attached hydrogen (secondary N) is 2. The molecule has 228 valence electrons. The van der Waals surface area contributed by atoms with Crippen molar-refractivity contribution in [3.63, 3.8) is 0 Å². The molecule has 7 rings (SSSR count). The highest BCUT2D eigenvalue weighted by atomic mass is 16.3. The Labute approximate surface area is 260 Å². The van der Waals surface area contributed by atoms with Crippen molar-refractivity contribution in [1.82, 2.24) is 24.8 Å². The Morgan fingerprint density at radius 1 is 0.978 bits per heavy atom. The van der Waals surface area contributed by atoms with E-state index in [2.05, 4.69) is 25.3 Å². The van der Waals surface area contributed by atoms with E-state index in [0.717, 1.165) is 40.7 Å². The van der Waals surface area contributed by atoms with E-state index in [0.29, 0.717) is 65.6 Å². The number of amides is 2. The number of likely N-dealkylation sites (tertiary alicyclic amines) is 1. The van der Waals surface area contributed by atoms with E-state index in [-0.39, 0.29) is 18.4 Å². The van der Waals surface area contributed by atoms with Crippen LogP contribution in [0.15, 0.2) is 73.2 Å². The number of carbonyl (C=O) groups excluding carboxylic acids is 2. The molecule has 5 heterocycles. The topological polar surface area (TPSA) is 144 Å². The number of fused-ring (bicyclic) bond motifs is 1. The molecule has 1 aliphatic carbocycles. The van der Waals surface area contributed by atoms with E-state index in [9.17, 15) is 19.8 Å². The molecule has 1 aromatic carbocycles. The van der Waals surface area contributed by atoms with Crippen molar-refractivity contribution in [2.45, 2.75) is 50.7 Å². The molecule has 2 fully saturated rings. The lowest BCUT2D eigenvalue weighted by Crippen LogP contribution is -2.45. The summed E-state index contributed by atoms with van der Waals surface area (Å²) in [7, 11) is 0. The molecular formula is C35H34N6O4. The second-order valence-electron chi connectivity index (χ2n) is 12.2. The molecule has 1 saturated carbocycles. The van der Waals surface area contributed by atoms with Crippen LogP contribution in [0.1, 0.15) is 70.5 Å². The number of aliphatic hydroxyl groups excluding tert-OH is 1. The maximum atomic E-state index is 13.1. The van der Waals surface area contributed by atoms with Gasteiger partial charge in [0, 0.05) is 59.9 Å². The van der Waals surface area contributed by atoms with Crippen LogP contribution in [0.25, 0.3) is 33.5 Å². The standard InChI is InChI=1S/C35H34N6O4/c1-35(45)12-15-41(16-13-35)34(44)23-8-10-30(38-19-23)31-17-26-25(11-14-36-32(26)39-31)24-3-2-4-29(27(24)20-42)40-33(43)22-7-9-28(37-18-22)21-5-6-21/h2-4,7-11,14,17-19,21,42,45H,5-6,12-13,15-16,20H2,1H3,(H,36,39)(H,40,43). The molecule has 2 amide bonds. The number of aromatic nitrogens is 4. The van der Waals surface area contributed by atoms with Gasteiger partial charge < -0.3 is 25.4 Å². The predicted molar refractivity (Wildman–Crippen MR) is 171 cm³/mol. The van der Waals surface area contributed by atoms with Gasteiger partial charge in [0.15, 0.2) is 0 Å². The normalized spacial score (nSPS) is 16.1. The molecule has 0 radical (unpaired) electrons. The van der Waals surface area contributed by atoms with Crippen molar-refractivity contribution < 1.29 is 19.8 Å². The fourth-order valence-electron chi connectivity index (χ4n) is 5.93. The summed E-state index contributed by atoms with van der Waals surface area (Å²) in [5.74, 6) is 0.121. The summed E-state index contributed by atoms with van der Waals surface area (Å²) in [5, 5.41) is 24.5. The van der Waals surface area contributed by atoms with E-state index in [1.165, 1.54) is 0 Å². The fraction of sp³-hybridized carbons (Fsp3) is 0.286. The third-order valence-electron chi connectivity index (χ3n) is 8.86. The molecule has 45 heavy (non-hydrogen) atoms. The fourth-order valence-corrected chi connectivity index (χ4v) is 5.93. The smallest absolute Gasteiger partial charge is 0.257 e. The first-order chi connectivity index (χ1) is 21.8. The highest BCUT2D eigenvalue weighted by Gasteiger charge is 2.30. The van der Waals surface area contributed by atoms with Crippen molar-refractivity contribution in [3.05, 3.63) is 95.6 Å². The van der Waals surface area contributed by atoms with Crippen LogP contribution < -0.4 is 5.32 Å². The van der Waals surface area contributed by atoms with Gasteiger partial charge in [-0.2, -0.15) is 0 Å². The molecule has 4 aromatic heterocycles. The summed E-state index contributed by atoms with van der Waals surface area (Å²) >= 11 is 0. The number of anilines is 1. The molecule has 10 heteroatoms. The number of hydrogen-bond acceptors (Lipinski definition) is 7. The van der Waals surface area contributed by atoms with Crippen LogP contribution in [-0.4, -0.2) is 65.6 Å². The van der Waals surface area contributed by atoms with Gasteiger partial charge in [0.1, 0.15) is 5.65 Å². The van der Waals surface area contributed by atoms with Crippen LogP contribution in [0.2, 0.25) is 0 Å². The molecule has 0 spiro atoms. The SMILES string of the molecule is CC1(O)CCN(C(=O)c2ccc(-c3cc4c(-c5cccc(NC(=O)c6ccc(C7CC7)nc6)c5CO)ccnc4[nH]3)nc2)CC1. The van der Waals surface area contributed by atoms with Gasteiger partial charge in [0.2, 0.25) is 0 Å². The number of rotatable bonds is 7. The Balaban J connectivity index is 1.14. The highest BCUT2D eigenvalue weighted by Crippen LogP contribution is 2.39. The lowest BCUT2D eigenvalue weighted by atomic mass is 9.93. The van der Waals surface area contributed by atoms with E-state index < -0.39 is 5.60 Å². The lowest BCUT2D eigenvalue weighted by Gasteiger charge is -2.35. The van der Waals surface area contributed by atoms with Crippen LogP contribution in [0.5, 0.6) is 0 Å². The van der Waals surface area contributed by atoms with Crippen LogP contribution >= 0.6 is 0 Å². The molecule has 1 aliphatic heterocycles. The maximum absolute atomic E-state index is 13.1. The Kier molecular flexibility index (Phi) is 7.39. The maximum Gasteiger partial charge on any atom is 0.257 e. The van der Waals surface area contributed by atoms with Gasteiger partial charge in [-0.15, -0.1) is 0 Å². The number of piperidine rings is 1. The number of hydrogen-bond donors (Lipinski definition) is 4. The highest BCUT2D eigenvalue weighted by molar-refractivity contribution is 6.05. The molecular weight excluding hydrogens is 568 g/mol. The summed E-state index contributed by atoms with van der Waals surface area (Å²) in [6, 6.07) is 16.6. The molecule has 0 unspecified atom stereocenters. The number of pyridine rings is 3.